The van der Waals surface area contributed by atoms with Gasteiger partial charge < -0.3 is 9.80 Å². The lowest BCUT2D eigenvalue weighted by molar-refractivity contribution is -0.00526. The fourth-order valence-electron chi connectivity index (χ4n) is 17.0. The van der Waals surface area contributed by atoms with Gasteiger partial charge in [0.1, 0.15) is 0 Å². The maximum atomic E-state index is 2.81. The van der Waals surface area contributed by atoms with Crippen LogP contribution >= 0.6 is 0 Å². The Morgan fingerprint density at radius 2 is 0.831 bits per heavy atom. The zero-order valence-corrected chi connectivity index (χ0v) is 34.9. The zero-order chi connectivity index (χ0) is 38.5. The molecule has 59 heavy (non-hydrogen) atoms. The van der Waals surface area contributed by atoms with Gasteiger partial charge in [0.05, 0.1) is 0 Å². The summed E-state index contributed by atoms with van der Waals surface area (Å²) >= 11 is 0. The molecule has 0 radical (unpaired) electrons. The Kier molecular flexibility index (Phi) is 7.39. The Balaban J connectivity index is 1.04. The molecule has 2 heterocycles. The fraction of sp³-hybridized carbons (Fsp3) is 0.464. The van der Waals surface area contributed by atoms with Crippen LogP contribution in [0.2, 0.25) is 0 Å². The van der Waals surface area contributed by atoms with Crippen molar-refractivity contribution in [3.8, 4) is 0 Å². The number of anilines is 6. The Morgan fingerprint density at radius 1 is 0.424 bits per heavy atom. The first-order chi connectivity index (χ1) is 29.1. The van der Waals surface area contributed by atoms with Crippen LogP contribution in [0.5, 0.6) is 0 Å². The first-order valence-electron chi connectivity index (χ1n) is 24.2. The van der Waals surface area contributed by atoms with Crippen LogP contribution in [0.4, 0.5) is 34.1 Å². The SMILES string of the molecule is c1ccc(N2c3ccc(C45CC6CC(CC(C6)C4)C5)cc3B3c4cc(C56CC7CC(CC(C7)C5)C6)ccc4N(c4ccccc4)c4cc(C5CCCCC5)cc2c43)cc1. The molecule has 0 saturated heterocycles. The van der Waals surface area contributed by atoms with Gasteiger partial charge in [-0.15, -0.1) is 0 Å². The number of benzene rings is 5. The molecule has 16 rings (SSSR count). The van der Waals surface area contributed by atoms with Crippen LogP contribution in [0.1, 0.15) is 132 Å². The van der Waals surface area contributed by atoms with Crippen molar-refractivity contribution in [2.45, 2.75) is 126 Å². The van der Waals surface area contributed by atoms with E-state index in [-0.39, 0.29) is 6.71 Å². The summed E-state index contributed by atoms with van der Waals surface area (Å²) in [7, 11) is 0. The number of hydrogen-bond acceptors (Lipinski definition) is 2. The summed E-state index contributed by atoms with van der Waals surface area (Å²) in [4.78, 5) is 5.41. The van der Waals surface area contributed by atoms with E-state index in [9.17, 15) is 0 Å². The smallest absolute Gasteiger partial charge is 0.252 e. The first kappa shape index (κ1) is 34.5. The third-order valence-corrected chi connectivity index (χ3v) is 18.5. The molecule has 3 heteroatoms. The Morgan fingerprint density at radius 3 is 1.24 bits per heavy atom. The highest BCUT2D eigenvalue weighted by Crippen LogP contribution is 2.62. The molecule has 2 nitrogen and oxygen atoms in total. The molecule has 2 aliphatic heterocycles. The maximum absolute atomic E-state index is 2.81. The molecule has 0 amide bonds. The van der Waals surface area contributed by atoms with Crippen LogP contribution in [0, 0.1) is 35.5 Å². The van der Waals surface area contributed by atoms with E-state index in [4.69, 9.17) is 0 Å². The van der Waals surface area contributed by atoms with Gasteiger partial charge in [-0.25, -0.2) is 0 Å². The molecule has 9 aliphatic carbocycles. The molecule has 5 aromatic carbocycles. The van der Waals surface area contributed by atoms with Gasteiger partial charge in [0, 0.05) is 34.1 Å². The van der Waals surface area contributed by atoms with Crippen LogP contribution in [0.25, 0.3) is 0 Å². The normalized spacial score (nSPS) is 33.3. The lowest BCUT2D eigenvalue weighted by Gasteiger charge is -2.57. The average molecular weight is 771 g/mol. The molecular weight excluding hydrogens is 711 g/mol. The second-order valence-electron chi connectivity index (χ2n) is 22.0. The Bertz CT molecular complexity index is 2250. The van der Waals surface area contributed by atoms with E-state index in [2.05, 4.69) is 119 Å². The van der Waals surface area contributed by atoms with Crippen molar-refractivity contribution < 1.29 is 0 Å². The quantitative estimate of drug-likeness (QED) is 0.161. The van der Waals surface area contributed by atoms with Gasteiger partial charge in [-0.3, -0.25) is 0 Å². The van der Waals surface area contributed by atoms with Gasteiger partial charge >= 0.3 is 0 Å². The highest BCUT2D eigenvalue weighted by molar-refractivity contribution is 7.00. The molecule has 11 aliphatic rings. The Labute approximate surface area is 352 Å². The van der Waals surface area contributed by atoms with E-state index in [1.165, 1.54) is 149 Å². The predicted molar refractivity (Wildman–Crippen MR) is 246 cm³/mol. The van der Waals surface area contributed by atoms with E-state index in [1.807, 2.05) is 0 Å². The standard InChI is InChI=1S/C56H59BN2/c1-4-10-42(11-5-1)43-26-52-54-53(27-43)59(47-14-8-3-9-15-47)51-19-17-45(56-33-39-23-40(34-56)25-41(24-39)35-56)29-49(51)57(54)48-28-44(16-18-50(48)58(52)46-12-6-2-7-13-46)55-30-36-20-37(31-55)22-38(21-36)32-55/h2-3,6-9,12-19,26-29,36-42H,1,4-5,10-11,20-25,30-35H2. The summed E-state index contributed by atoms with van der Waals surface area (Å²) in [5, 5.41) is 0. The van der Waals surface area contributed by atoms with Crippen LogP contribution in [0.3, 0.4) is 0 Å². The van der Waals surface area contributed by atoms with Gasteiger partial charge in [-0.05, 0) is 224 Å². The van der Waals surface area contributed by atoms with Crippen molar-refractivity contribution in [3.05, 3.63) is 126 Å². The minimum Gasteiger partial charge on any atom is -0.311 e. The number of hydrogen-bond donors (Lipinski definition) is 0. The van der Waals surface area contributed by atoms with Crippen molar-refractivity contribution in [2.75, 3.05) is 9.80 Å². The van der Waals surface area contributed by atoms with E-state index in [0.29, 0.717) is 16.7 Å². The molecule has 0 atom stereocenters. The molecular formula is C56H59BN2. The van der Waals surface area contributed by atoms with E-state index in [0.717, 1.165) is 35.5 Å². The van der Waals surface area contributed by atoms with Gasteiger partial charge in [-0.2, -0.15) is 0 Å². The van der Waals surface area contributed by atoms with Crippen LogP contribution in [-0.4, -0.2) is 6.71 Å². The molecule has 0 unspecified atom stereocenters. The summed E-state index contributed by atoms with van der Waals surface area (Å²) in [6.07, 6.45) is 24.1. The molecule has 0 spiro atoms. The molecule has 296 valence electrons. The Hall–Kier alpha value is -4.24. The van der Waals surface area contributed by atoms with Gasteiger partial charge in [0.2, 0.25) is 0 Å². The lowest BCUT2D eigenvalue weighted by atomic mass is 9.32. The molecule has 9 fully saturated rings. The fourth-order valence-corrected chi connectivity index (χ4v) is 17.0. The van der Waals surface area contributed by atoms with E-state index >= 15 is 0 Å². The molecule has 0 N–H and O–H groups in total. The van der Waals surface area contributed by atoms with E-state index in [1.54, 1.807) is 27.6 Å². The van der Waals surface area contributed by atoms with Gasteiger partial charge in [0.15, 0.2) is 0 Å². The largest absolute Gasteiger partial charge is 0.311 e. The third kappa shape index (κ3) is 5.12. The monoisotopic (exact) mass is 770 g/mol. The van der Waals surface area contributed by atoms with Crippen molar-refractivity contribution in [1.82, 2.24) is 0 Å². The summed E-state index contributed by atoms with van der Waals surface area (Å²) < 4.78 is 0. The van der Waals surface area contributed by atoms with Gasteiger partial charge in [0.25, 0.3) is 6.71 Å². The highest BCUT2D eigenvalue weighted by Gasteiger charge is 2.54. The number of fused-ring (bicyclic) bond motifs is 4. The van der Waals surface area contributed by atoms with Crippen LogP contribution < -0.4 is 26.2 Å². The second-order valence-corrected chi connectivity index (χ2v) is 22.0. The minimum absolute atomic E-state index is 0.202. The molecule has 9 saturated carbocycles. The number of para-hydroxylation sites is 2. The summed E-state index contributed by atoms with van der Waals surface area (Å²) in [6, 6.07) is 44.3. The van der Waals surface area contributed by atoms with Crippen LogP contribution in [-0.2, 0) is 10.8 Å². The molecule has 8 bridgehead atoms. The minimum atomic E-state index is 0.202. The van der Waals surface area contributed by atoms with Crippen molar-refractivity contribution >= 4 is 57.2 Å². The average Bonchev–Trinajstić information content (AvgIpc) is 3.26. The topological polar surface area (TPSA) is 6.48 Å². The maximum Gasteiger partial charge on any atom is 0.252 e. The molecule has 0 aromatic heterocycles. The van der Waals surface area contributed by atoms with Crippen molar-refractivity contribution in [2.24, 2.45) is 35.5 Å². The van der Waals surface area contributed by atoms with Crippen molar-refractivity contribution in [3.63, 3.8) is 0 Å². The predicted octanol–water partition coefficient (Wildman–Crippen LogP) is 12.8. The summed E-state index contributed by atoms with van der Waals surface area (Å²) in [5.41, 5.74) is 18.4. The van der Waals surface area contributed by atoms with Crippen molar-refractivity contribution in [1.29, 1.82) is 0 Å². The second kappa shape index (κ2) is 12.7. The van der Waals surface area contributed by atoms with Crippen LogP contribution in [0.15, 0.2) is 109 Å². The summed E-state index contributed by atoms with van der Waals surface area (Å²) in [5.74, 6) is 6.20. The highest BCUT2D eigenvalue weighted by atomic mass is 15.2. The summed E-state index contributed by atoms with van der Waals surface area (Å²) in [6.45, 7) is 0.202. The van der Waals surface area contributed by atoms with Gasteiger partial charge in [-0.1, -0.05) is 79.9 Å². The third-order valence-electron chi connectivity index (χ3n) is 18.5. The molecule has 5 aromatic rings. The first-order valence-corrected chi connectivity index (χ1v) is 24.2. The number of rotatable bonds is 5. The number of nitrogens with zero attached hydrogens (tertiary/aromatic N) is 2. The van der Waals surface area contributed by atoms with E-state index < -0.39 is 0 Å². The lowest BCUT2D eigenvalue weighted by Crippen LogP contribution is -2.62. The zero-order valence-electron chi connectivity index (χ0n) is 34.9.